The first kappa shape index (κ1) is 18.2. The van der Waals surface area contributed by atoms with Crippen molar-refractivity contribution in [3.63, 3.8) is 0 Å². The minimum absolute atomic E-state index is 0.176. The molecular weight excluding hydrogens is 346 g/mol. The number of likely N-dealkylation sites (tertiary alicyclic amines) is 1. The van der Waals surface area contributed by atoms with Crippen molar-refractivity contribution in [3.8, 4) is 0 Å². The van der Waals surface area contributed by atoms with E-state index in [-0.39, 0.29) is 28.8 Å². The van der Waals surface area contributed by atoms with E-state index >= 15 is 0 Å². The summed E-state index contributed by atoms with van der Waals surface area (Å²) in [5.41, 5.74) is 0.0412. The van der Waals surface area contributed by atoms with Crippen molar-refractivity contribution in [1.29, 1.82) is 0 Å². The molecule has 1 aliphatic heterocycles. The second-order valence-corrected chi connectivity index (χ2v) is 7.77. The van der Waals surface area contributed by atoms with Crippen LogP contribution in [0.4, 0.5) is 0 Å². The van der Waals surface area contributed by atoms with E-state index in [1.54, 1.807) is 13.8 Å². The van der Waals surface area contributed by atoms with E-state index in [0.717, 1.165) is 24.9 Å². The number of esters is 1. The van der Waals surface area contributed by atoms with Crippen LogP contribution < -0.4 is 5.56 Å². The van der Waals surface area contributed by atoms with Crippen LogP contribution in [0.1, 0.15) is 61.0 Å². The number of H-pyrrole nitrogens is 1. The van der Waals surface area contributed by atoms with E-state index in [1.807, 2.05) is 0 Å². The predicted octanol–water partition coefficient (Wildman–Crippen LogP) is 3.01. The van der Waals surface area contributed by atoms with Gasteiger partial charge in [0.1, 0.15) is 22.5 Å². The molecule has 1 saturated carbocycles. The average molecular weight is 373 g/mol. The minimum atomic E-state index is -0.548. The van der Waals surface area contributed by atoms with Gasteiger partial charge in [-0.15, -0.1) is 0 Å². The van der Waals surface area contributed by atoms with Gasteiger partial charge in [0.05, 0.1) is 13.2 Å². The molecule has 0 spiro atoms. The summed E-state index contributed by atoms with van der Waals surface area (Å²) in [7, 11) is 0. The summed E-state index contributed by atoms with van der Waals surface area (Å²) in [5.74, 6) is 2.04. The molecule has 7 nitrogen and oxygen atoms in total. The van der Waals surface area contributed by atoms with Crippen LogP contribution >= 0.6 is 0 Å². The molecule has 2 aliphatic rings. The molecule has 3 heterocycles. The molecule has 2 aromatic rings. The van der Waals surface area contributed by atoms with E-state index in [1.165, 1.54) is 32.1 Å². The lowest BCUT2D eigenvalue weighted by molar-refractivity contribution is 0.0526. The topological polar surface area (TPSA) is 88.4 Å². The number of hydrogen-bond donors (Lipinski definition) is 1. The first-order chi connectivity index (χ1) is 13.1. The number of nitrogens with one attached hydrogen (secondary N) is 1. The van der Waals surface area contributed by atoms with E-state index in [4.69, 9.17) is 9.15 Å². The van der Waals surface area contributed by atoms with Crippen LogP contribution in [0.15, 0.2) is 9.21 Å². The Morgan fingerprint density at radius 1 is 1.30 bits per heavy atom. The predicted molar refractivity (Wildman–Crippen MR) is 101 cm³/mol. The Morgan fingerprint density at radius 3 is 2.85 bits per heavy atom. The summed E-state index contributed by atoms with van der Waals surface area (Å²) in [6.45, 7) is 6.33. The van der Waals surface area contributed by atoms with Gasteiger partial charge in [-0.05, 0) is 45.1 Å². The lowest BCUT2D eigenvalue weighted by Gasteiger charge is -2.41. The van der Waals surface area contributed by atoms with E-state index in [0.29, 0.717) is 18.1 Å². The molecule has 0 aromatic carbocycles. The first-order valence-corrected chi connectivity index (χ1v) is 9.98. The number of hydrogen-bond acceptors (Lipinski definition) is 6. The fourth-order valence-corrected chi connectivity index (χ4v) is 4.72. The highest BCUT2D eigenvalue weighted by Crippen LogP contribution is 2.36. The Kier molecular flexibility index (Phi) is 5.04. The van der Waals surface area contributed by atoms with Crippen LogP contribution in [0.3, 0.4) is 0 Å². The lowest BCUT2D eigenvalue weighted by atomic mass is 9.75. The molecule has 2 atom stereocenters. The van der Waals surface area contributed by atoms with Crippen molar-refractivity contribution in [2.75, 3.05) is 19.7 Å². The molecule has 0 unspecified atom stereocenters. The van der Waals surface area contributed by atoms with Gasteiger partial charge in [0.2, 0.25) is 5.71 Å². The monoisotopic (exact) mass is 373 g/mol. The van der Waals surface area contributed by atoms with Gasteiger partial charge >= 0.3 is 5.97 Å². The molecule has 0 amide bonds. The van der Waals surface area contributed by atoms with Gasteiger partial charge in [0, 0.05) is 6.54 Å². The van der Waals surface area contributed by atoms with Crippen LogP contribution in [0.2, 0.25) is 0 Å². The van der Waals surface area contributed by atoms with Crippen LogP contribution in [-0.4, -0.2) is 40.5 Å². The summed E-state index contributed by atoms with van der Waals surface area (Å²) in [6, 6.07) is 0. The molecule has 2 aromatic heterocycles. The number of furan rings is 1. The maximum Gasteiger partial charge on any atom is 0.342 e. The Hall–Kier alpha value is -2.15. The third-order valence-corrected chi connectivity index (χ3v) is 6.02. The number of piperidine rings is 1. The number of nitrogens with zero attached hydrogens (tertiary/aromatic N) is 2. The molecule has 1 aliphatic carbocycles. The number of carbonyl (C=O) groups is 1. The van der Waals surface area contributed by atoms with Crippen LogP contribution in [0.25, 0.3) is 11.1 Å². The molecule has 27 heavy (non-hydrogen) atoms. The van der Waals surface area contributed by atoms with Crippen molar-refractivity contribution >= 4 is 17.1 Å². The number of aryl methyl sites for hydroxylation is 1. The molecule has 0 radical (unpaired) electrons. The van der Waals surface area contributed by atoms with Crippen molar-refractivity contribution in [3.05, 3.63) is 27.5 Å². The number of rotatable bonds is 4. The molecule has 1 N–H and O–H groups in total. The van der Waals surface area contributed by atoms with Gasteiger partial charge in [0.25, 0.3) is 5.56 Å². The summed E-state index contributed by atoms with van der Waals surface area (Å²) >= 11 is 0. The summed E-state index contributed by atoms with van der Waals surface area (Å²) < 4.78 is 10.7. The van der Waals surface area contributed by atoms with Crippen LogP contribution in [0.5, 0.6) is 0 Å². The average Bonchev–Trinajstić information content (AvgIpc) is 2.98. The Bertz CT molecular complexity index is 900. The van der Waals surface area contributed by atoms with Gasteiger partial charge in [0.15, 0.2) is 0 Å². The number of aromatic nitrogens is 2. The zero-order chi connectivity index (χ0) is 19.0. The number of carbonyl (C=O) groups excluding carboxylic acids is 1. The molecule has 146 valence electrons. The van der Waals surface area contributed by atoms with Gasteiger partial charge in [-0.3, -0.25) is 9.69 Å². The fraction of sp³-hybridized carbons (Fsp3) is 0.650. The Balaban J connectivity index is 1.57. The highest BCUT2D eigenvalue weighted by molar-refractivity contribution is 6.03. The zero-order valence-corrected chi connectivity index (χ0v) is 16.0. The maximum absolute atomic E-state index is 12.6. The largest absolute Gasteiger partial charge is 0.462 e. The lowest BCUT2D eigenvalue weighted by Crippen LogP contribution is -2.41. The normalized spacial score (nSPS) is 23.3. The third-order valence-electron chi connectivity index (χ3n) is 6.02. The maximum atomic E-state index is 12.6. The first-order valence-electron chi connectivity index (χ1n) is 9.98. The van der Waals surface area contributed by atoms with Gasteiger partial charge in [-0.2, -0.15) is 4.98 Å². The highest BCUT2D eigenvalue weighted by Gasteiger charge is 2.31. The molecule has 0 bridgehead atoms. The highest BCUT2D eigenvalue weighted by atomic mass is 16.5. The van der Waals surface area contributed by atoms with Crippen molar-refractivity contribution < 1.29 is 13.9 Å². The smallest absolute Gasteiger partial charge is 0.342 e. The SMILES string of the molecule is CCOC(=O)c1c(C)oc2nc(CN3CC[C@@H]4CCCC[C@@H]4C3)[nH]c(=O)c12. The second-order valence-electron chi connectivity index (χ2n) is 7.77. The summed E-state index contributed by atoms with van der Waals surface area (Å²) in [6.07, 6.45) is 6.60. The quantitative estimate of drug-likeness (QED) is 0.829. The number of aromatic amines is 1. The van der Waals surface area contributed by atoms with Crippen molar-refractivity contribution in [2.24, 2.45) is 11.8 Å². The molecule has 7 heteroatoms. The van der Waals surface area contributed by atoms with Gasteiger partial charge < -0.3 is 14.1 Å². The van der Waals surface area contributed by atoms with Crippen LogP contribution in [0, 0.1) is 18.8 Å². The molecular formula is C20H27N3O4. The standard InChI is InChI=1S/C20H27N3O4/c1-3-26-20(25)16-12(2)27-19-17(16)18(24)21-15(22-19)11-23-9-8-13-6-4-5-7-14(13)10-23/h13-14H,3-11H2,1-2H3,(H,21,22,24)/t13-,14+/m0/s1. The molecule has 2 fully saturated rings. The number of ether oxygens (including phenoxy) is 1. The van der Waals surface area contributed by atoms with Gasteiger partial charge in [-0.1, -0.05) is 19.3 Å². The summed E-state index contributed by atoms with van der Waals surface area (Å²) in [5, 5.41) is 0.181. The van der Waals surface area contributed by atoms with E-state index in [2.05, 4.69) is 14.9 Å². The molecule has 1 saturated heterocycles. The van der Waals surface area contributed by atoms with Gasteiger partial charge in [-0.25, -0.2) is 4.79 Å². The van der Waals surface area contributed by atoms with Crippen LogP contribution in [-0.2, 0) is 11.3 Å². The number of fused-ring (bicyclic) bond motifs is 2. The van der Waals surface area contributed by atoms with E-state index in [9.17, 15) is 9.59 Å². The fourth-order valence-electron chi connectivity index (χ4n) is 4.72. The van der Waals surface area contributed by atoms with Crippen molar-refractivity contribution in [2.45, 2.75) is 52.5 Å². The third kappa shape index (κ3) is 3.52. The van der Waals surface area contributed by atoms with Crippen molar-refractivity contribution in [1.82, 2.24) is 14.9 Å². The summed E-state index contributed by atoms with van der Waals surface area (Å²) in [4.78, 5) is 34.5. The second kappa shape index (κ2) is 7.46. The Morgan fingerprint density at radius 2 is 2.07 bits per heavy atom. The Labute approximate surface area is 158 Å². The minimum Gasteiger partial charge on any atom is -0.462 e. The van der Waals surface area contributed by atoms with E-state index < -0.39 is 5.97 Å². The molecule has 4 rings (SSSR count). The zero-order valence-electron chi connectivity index (χ0n) is 16.0.